The number of aliphatic hydroxyl groups excluding tert-OH is 4. The molecular formula is C53H72F2N4O16. The fourth-order valence-corrected chi connectivity index (χ4v) is 9.84. The van der Waals surface area contributed by atoms with Gasteiger partial charge in [-0.05, 0) is 39.3 Å². The number of halogens is 2. The van der Waals surface area contributed by atoms with E-state index in [-0.39, 0.29) is 54.5 Å². The fraction of sp³-hybridized carbons (Fsp3) is 0.585. The summed E-state index contributed by atoms with van der Waals surface area (Å²) in [5, 5.41) is 76.3. The number of aliphatic hydroxyl groups is 5. The zero-order valence-corrected chi connectivity index (χ0v) is 42.5. The first-order chi connectivity index (χ1) is 35.6. The molecule has 20 nitrogen and oxygen atoms in total. The van der Waals surface area contributed by atoms with Crippen molar-refractivity contribution in [3.8, 4) is 0 Å². The number of allylic oxidation sites excluding steroid dienone is 6. The number of anilines is 1. The molecule has 0 amide bonds. The van der Waals surface area contributed by atoms with Gasteiger partial charge >= 0.3 is 17.9 Å². The second-order valence-electron chi connectivity index (χ2n) is 19.7. The van der Waals surface area contributed by atoms with Gasteiger partial charge in [-0.2, -0.15) is 0 Å². The van der Waals surface area contributed by atoms with Gasteiger partial charge in [-0.25, -0.2) is 18.4 Å². The van der Waals surface area contributed by atoms with Gasteiger partial charge in [0, 0.05) is 76.6 Å². The molecule has 5 aliphatic heterocycles. The number of aryl methyl sites for hydroxylation is 1. The predicted octanol–water partition coefficient (Wildman–Crippen LogP) is 3.09. The number of nitrogens with one attached hydrogen (secondary N) is 1. The van der Waals surface area contributed by atoms with Crippen LogP contribution in [0.3, 0.4) is 0 Å². The van der Waals surface area contributed by atoms with Gasteiger partial charge in [0.25, 0.3) is 0 Å². The first kappa shape index (κ1) is 59.0. The van der Waals surface area contributed by atoms with E-state index in [1.54, 1.807) is 55.2 Å². The molecule has 4 fully saturated rings. The maximum Gasteiger partial charge on any atom is 0.341 e. The summed E-state index contributed by atoms with van der Waals surface area (Å²) in [7, 11) is 0. The smallest absolute Gasteiger partial charge is 0.341 e. The number of nitrogens with two attached hydrogens (primary N) is 1. The number of ether oxygens (including phenoxy) is 5. The number of rotatable bonds is 9. The number of esters is 1. The van der Waals surface area contributed by atoms with E-state index in [0.29, 0.717) is 26.1 Å². The van der Waals surface area contributed by atoms with Crippen molar-refractivity contribution >= 4 is 34.5 Å². The molecule has 0 aliphatic carbocycles. The monoisotopic (exact) mass is 1060 g/mol. The second kappa shape index (κ2) is 26.7. The molecule has 6 heterocycles. The van der Waals surface area contributed by atoms with E-state index < -0.39 is 126 Å². The first-order valence-electron chi connectivity index (χ1n) is 25.5. The third kappa shape index (κ3) is 15.5. The number of hydrogen-bond acceptors (Lipinski definition) is 17. The highest BCUT2D eigenvalue weighted by atomic mass is 19.1. The number of aliphatic carboxylic acids is 1. The van der Waals surface area contributed by atoms with Crippen molar-refractivity contribution < 1.29 is 82.6 Å². The molecule has 0 spiro atoms. The largest absolute Gasteiger partial charge is 0.481 e. The van der Waals surface area contributed by atoms with Crippen LogP contribution >= 0.6 is 0 Å². The Labute approximate surface area is 433 Å². The Bertz CT molecular complexity index is 2520. The molecule has 1 aromatic carbocycles. The van der Waals surface area contributed by atoms with Crippen molar-refractivity contribution in [2.24, 2.45) is 11.7 Å². The van der Waals surface area contributed by atoms with E-state index in [2.05, 4.69) is 12.2 Å². The van der Waals surface area contributed by atoms with Crippen LogP contribution in [0, 0.1) is 17.6 Å². The minimum atomic E-state index is -2.10. The molecule has 22 heteroatoms. The summed E-state index contributed by atoms with van der Waals surface area (Å²) < 4.78 is 60.1. The molecule has 414 valence electrons. The quantitative estimate of drug-likeness (QED) is 0.129. The van der Waals surface area contributed by atoms with Crippen molar-refractivity contribution in [3.05, 3.63) is 100 Å². The van der Waals surface area contributed by atoms with Gasteiger partial charge in [-0.3, -0.25) is 9.59 Å². The number of aromatic nitrogens is 1. The Hall–Kier alpha value is -5.24. The molecule has 2 aromatic rings. The fourth-order valence-electron chi connectivity index (χ4n) is 9.84. The molecule has 10 N–H and O–H groups in total. The van der Waals surface area contributed by atoms with Crippen molar-refractivity contribution in [2.75, 3.05) is 24.5 Å². The maximum absolute atomic E-state index is 15.2. The number of cyclic esters (lactones) is 1. The first-order valence-corrected chi connectivity index (χ1v) is 25.5. The highest BCUT2D eigenvalue weighted by molar-refractivity contribution is 5.94. The molecule has 0 radical (unpaired) electrons. The van der Waals surface area contributed by atoms with Gasteiger partial charge in [0.15, 0.2) is 17.9 Å². The lowest BCUT2D eigenvalue weighted by atomic mass is 9.83. The lowest BCUT2D eigenvalue weighted by Crippen LogP contribution is -2.61. The van der Waals surface area contributed by atoms with Gasteiger partial charge in [0.1, 0.15) is 41.3 Å². The van der Waals surface area contributed by atoms with Gasteiger partial charge in [-0.1, -0.05) is 68.4 Å². The molecule has 2 bridgehead atoms. The summed E-state index contributed by atoms with van der Waals surface area (Å²) >= 11 is 0. The maximum atomic E-state index is 15.2. The van der Waals surface area contributed by atoms with Crippen molar-refractivity contribution in [1.82, 2.24) is 9.88 Å². The zero-order chi connectivity index (χ0) is 54.7. The van der Waals surface area contributed by atoms with E-state index in [9.17, 15) is 54.2 Å². The summed E-state index contributed by atoms with van der Waals surface area (Å²) in [6.45, 7) is 8.97. The number of carboxylic acids is 2. The number of unbranched alkanes of at least 4 members (excludes halogenated alkanes) is 1. The number of benzene rings is 1. The normalized spacial score (nSPS) is 33.9. The zero-order valence-electron chi connectivity index (χ0n) is 42.5. The van der Waals surface area contributed by atoms with E-state index in [1.165, 1.54) is 10.6 Å². The Morgan fingerprint density at radius 3 is 2.35 bits per heavy atom. The van der Waals surface area contributed by atoms with Gasteiger partial charge in [0.2, 0.25) is 5.43 Å². The Kier molecular flexibility index (Phi) is 21.0. The number of fused-ring (bicyclic) bond motifs is 4. The molecule has 15 unspecified atom stereocenters. The number of epoxide rings is 1. The Morgan fingerprint density at radius 2 is 1.67 bits per heavy atom. The third-order valence-corrected chi connectivity index (χ3v) is 13.8. The molecule has 7 rings (SSSR count). The van der Waals surface area contributed by atoms with Crippen LogP contribution in [-0.4, -0.2) is 163 Å². The van der Waals surface area contributed by atoms with Crippen LogP contribution in [0.2, 0.25) is 0 Å². The molecule has 75 heavy (non-hydrogen) atoms. The van der Waals surface area contributed by atoms with E-state index in [1.807, 2.05) is 25.2 Å². The highest BCUT2D eigenvalue weighted by Gasteiger charge is 2.51. The summed E-state index contributed by atoms with van der Waals surface area (Å²) in [6, 6.07) is -0.0569. The lowest BCUT2D eigenvalue weighted by molar-refractivity contribution is -0.308. The van der Waals surface area contributed by atoms with Crippen LogP contribution in [-0.2, 0) is 39.8 Å². The van der Waals surface area contributed by atoms with Gasteiger partial charge in [-0.15, -0.1) is 0 Å². The average Bonchev–Trinajstić information content (AvgIpc) is 4.09. The average molecular weight is 1060 g/mol. The molecule has 0 saturated carbocycles. The number of carbonyl (C=O) groups excluding carboxylic acids is 1. The topological polar surface area (TPSA) is 306 Å². The minimum absolute atomic E-state index is 0.0694. The molecule has 1 aromatic heterocycles. The van der Waals surface area contributed by atoms with Crippen LogP contribution in [0.15, 0.2) is 77.8 Å². The van der Waals surface area contributed by atoms with Crippen molar-refractivity contribution in [3.63, 3.8) is 0 Å². The standard InChI is InChI=1S/C36H53NO13.C17H19F2N3O3/c1-3-4-12-23-13-10-8-6-5-7-9-11-14-24(48-35-33(42)31(37)32(41)21(2)46-35)18-28-30(34(43)44)25(39)20-36(45,50-28)19-22(38)17-27-26(49-27)15-16-29(40)47-23;1-3-21-8-11(17(24)25)16(23)10-6-12(18)15(13(19)14(10)21)22-5-4-20-9(2)7-22/h5-11,14-16,21-28,30-33,35,38-39,41-42,45H,3-4,12-13,17-20,37H2,1-2H3,(H,43,44);6,8-9,20H,3-5,7H2,1-2H3,(H,24,25). The summed E-state index contributed by atoms with van der Waals surface area (Å²) in [4.78, 5) is 50.0. The highest BCUT2D eigenvalue weighted by Crippen LogP contribution is 2.39. The number of pyridine rings is 1. The second-order valence-corrected chi connectivity index (χ2v) is 19.7. The van der Waals surface area contributed by atoms with E-state index in [4.69, 9.17) is 34.5 Å². The van der Waals surface area contributed by atoms with Crippen LogP contribution < -0.4 is 21.4 Å². The number of nitrogens with zero attached hydrogens (tertiary/aromatic N) is 2. The van der Waals surface area contributed by atoms with Crippen LogP contribution in [0.5, 0.6) is 0 Å². The lowest BCUT2D eigenvalue weighted by Gasteiger charge is -2.45. The minimum Gasteiger partial charge on any atom is -0.481 e. The number of aromatic carboxylic acids is 1. The predicted molar refractivity (Wildman–Crippen MR) is 269 cm³/mol. The van der Waals surface area contributed by atoms with Gasteiger partial charge < -0.3 is 79.9 Å². The molecule has 4 saturated heterocycles. The number of carbonyl (C=O) groups is 3. The summed E-state index contributed by atoms with van der Waals surface area (Å²) in [5.74, 6) is -8.53. The van der Waals surface area contributed by atoms with Crippen molar-refractivity contribution in [2.45, 2.75) is 171 Å². The third-order valence-electron chi connectivity index (χ3n) is 13.8. The van der Waals surface area contributed by atoms with E-state index in [0.717, 1.165) is 31.5 Å². The number of hydrogen-bond donors (Lipinski definition) is 9. The Morgan fingerprint density at radius 1 is 0.947 bits per heavy atom. The number of piperazine rings is 1. The molecular weight excluding hydrogens is 987 g/mol. The number of carboxylic acid groups (broad SMARTS) is 2. The molecule has 5 aliphatic rings. The van der Waals surface area contributed by atoms with E-state index >= 15 is 4.39 Å². The van der Waals surface area contributed by atoms with Crippen LogP contribution in [0.25, 0.3) is 10.9 Å². The summed E-state index contributed by atoms with van der Waals surface area (Å²) in [5.41, 5.74) is 4.36. The SMILES string of the molecule is CCCCC1CC=CC=CC=CC=CC(OC2OC(C)C(O)C(N)C2O)CC2OC(O)(CC(O)CC3OC3C=CC(=O)O1)CC(O)C2C(=O)O.CCn1cc(C(=O)O)c(=O)c2cc(F)c(N3CCNC(C)C3)c(F)c21. The Balaban J connectivity index is 0.000000304. The van der Waals surface area contributed by atoms with Crippen LogP contribution in [0.4, 0.5) is 14.5 Å². The summed E-state index contributed by atoms with van der Waals surface area (Å²) in [6.07, 6.45) is 9.35. The molecule has 15 atom stereocenters. The van der Waals surface area contributed by atoms with Crippen molar-refractivity contribution in [1.29, 1.82) is 0 Å². The van der Waals surface area contributed by atoms with Gasteiger partial charge in [0.05, 0.1) is 59.7 Å². The van der Waals surface area contributed by atoms with Crippen LogP contribution in [0.1, 0.15) is 89.4 Å².